The van der Waals surface area contributed by atoms with Crippen molar-refractivity contribution in [2.45, 2.75) is 43.7 Å². The average Bonchev–Trinajstić information content (AvgIpc) is 3.06. The van der Waals surface area contributed by atoms with E-state index in [2.05, 4.69) is 20.9 Å². The third kappa shape index (κ3) is 3.04. The van der Waals surface area contributed by atoms with E-state index >= 15 is 0 Å². The molecule has 2 heterocycles. The number of halogens is 1. The fourth-order valence-electron chi connectivity index (χ4n) is 3.66. The molecule has 2 unspecified atom stereocenters. The van der Waals surface area contributed by atoms with Gasteiger partial charge in [-0.1, -0.05) is 30.3 Å². The molecule has 0 radical (unpaired) electrons. The molecule has 2 fully saturated rings. The van der Waals surface area contributed by atoms with Crippen LogP contribution in [0.2, 0.25) is 0 Å². The van der Waals surface area contributed by atoms with Gasteiger partial charge < -0.3 is 10.6 Å². The van der Waals surface area contributed by atoms with Crippen molar-refractivity contribution in [1.29, 1.82) is 0 Å². The zero-order chi connectivity index (χ0) is 17.4. The van der Waals surface area contributed by atoms with Crippen LogP contribution in [0.1, 0.15) is 48.3 Å². The molecule has 2 N–H and O–H groups in total. The molecule has 6 nitrogen and oxygen atoms in total. The van der Waals surface area contributed by atoms with Crippen molar-refractivity contribution in [3.8, 4) is 0 Å². The van der Waals surface area contributed by atoms with Gasteiger partial charge in [0.1, 0.15) is 5.82 Å². The van der Waals surface area contributed by atoms with E-state index in [1.54, 1.807) is 23.0 Å². The lowest BCUT2D eigenvalue weighted by Crippen LogP contribution is -2.31. The Kier molecular flexibility index (Phi) is 4.03. The van der Waals surface area contributed by atoms with Crippen molar-refractivity contribution >= 4 is 5.91 Å². The van der Waals surface area contributed by atoms with Gasteiger partial charge in [-0.25, -0.2) is 9.07 Å². The Labute approximate surface area is 145 Å². The maximum atomic E-state index is 14.0. The lowest BCUT2D eigenvalue weighted by atomic mass is 9.97. The van der Waals surface area contributed by atoms with Crippen molar-refractivity contribution < 1.29 is 9.18 Å². The fourth-order valence-corrected chi connectivity index (χ4v) is 3.66. The molecular weight excluding hydrogens is 321 g/mol. The number of rotatable bonds is 4. The van der Waals surface area contributed by atoms with Gasteiger partial charge in [0.05, 0.1) is 12.2 Å². The van der Waals surface area contributed by atoms with Gasteiger partial charge in [0.15, 0.2) is 5.69 Å². The molecule has 0 spiro atoms. The molecule has 132 valence electrons. The maximum absolute atomic E-state index is 14.0. The highest BCUT2D eigenvalue weighted by molar-refractivity contribution is 5.92. The Morgan fingerprint density at radius 1 is 1.36 bits per heavy atom. The number of nitrogens with zero attached hydrogens (tertiary/aromatic N) is 3. The Morgan fingerprint density at radius 2 is 2.12 bits per heavy atom. The monoisotopic (exact) mass is 343 g/mol. The van der Waals surface area contributed by atoms with Gasteiger partial charge in [-0.2, -0.15) is 0 Å². The van der Waals surface area contributed by atoms with Crippen LogP contribution in [0.15, 0.2) is 30.5 Å². The standard InChI is InChI=1S/C18H22FN5O/c1-18(13-4-2-3-5-14(13)19)10-16(18)21-17(25)15-11-24(23-22-15)12-6-8-20-9-7-12/h2-5,11-12,16,20H,6-10H2,1H3,(H,21,25). The summed E-state index contributed by atoms with van der Waals surface area (Å²) in [6.45, 7) is 3.88. The quantitative estimate of drug-likeness (QED) is 0.888. The minimum absolute atomic E-state index is 0.0825. The molecule has 2 atom stereocenters. The largest absolute Gasteiger partial charge is 0.347 e. The Bertz CT molecular complexity index is 785. The van der Waals surface area contributed by atoms with Crippen molar-refractivity contribution in [1.82, 2.24) is 25.6 Å². The zero-order valence-corrected chi connectivity index (χ0v) is 14.2. The number of carbonyl (C=O) groups is 1. The lowest BCUT2D eigenvalue weighted by Gasteiger charge is -2.22. The third-order valence-corrected chi connectivity index (χ3v) is 5.46. The second kappa shape index (κ2) is 6.22. The normalized spacial score (nSPS) is 26.4. The molecule has 1 amide bonds. The summed E-state index contributed by atoms with van der Waals surface area (Å²) in [6, 6.07) is 6.96. The second-order valence-electron chi connectivity index (χ2n) is 7.19. The van der Waals surface area contributed by atoms with Gasteiger partial charge >= 0.3 is 0 Å². The minimum Gasteiger partial charge on any atom is -0.347 e. The van der Waals surface area contributed by atoms with E-state index in [-0.39, 0.29) is 23.2 Å². The van der Waals surface area contributed by atoms with Crippen LogP contribution in [0.25, 0.3) is 0 Å². The van der Waals surface area contributed by atoms with E-state index < -0.39 is 0 Å². The summed E-state index contributed by atoms with van der Waals surface area (Å²) < 4.78 is 15.8. The Hall–Kier alpha value is -2.28. The number of piperidine rings is 1. The summed E-state index contributed by atoms with van der Waals surface area (Å²) in [4.78, 5) is 12.5. The molecule has 7 heteroatoms. The predicted molar refractivity (Wildman–Crippen MR) is 90.8 cm³/mol. The first-order chi connectivity index (χ1) is 12.1. The van der Waals surface area contributed by atoms with Crippen molar-refractivity contribution in [3.05, 3.63) is 47.5 Å². The van der Waals surface area contributed by atoms with Crippen molar-refractivity contribution in [2.75, 3.05) is 13.1 Å². The fraction of sp³-hybridized carbons (Fsp3) is 0.500. The molecule has 1 saturated heterocycles. The summed E-state index contributed by atoms with van der Waals surface area (Å²) in [6.07, 6.45) is 4.41. The minimum atomic E-state index is -0.355. The van der Waals surface area contributed by atoms with Gasteiger partial charge in [0, 0.05) is 11.5 Å². The molecule has 1 saturated carbocycles. The summed E-state index contributed by atoms with van der Waals surface area (Å²) in [5.41, 5.74) is 0.617. The molecule has 4 rings (SSSR count). The van der Waals surface area contributed by atoms with E-state index in [0.717, 1.165) is 32.4 Å². The molecule has 2 aromatic rings. The number of nitrogens with one attached hydrogen (secondary N) is 2. The molecule has 0 bridgehead atoms. The highest BCUT2D eigenvalue weighted by atomic mass is 19.1. The van der Waals surface area contributed by atoms with Crippen LogP contribution in [0, 0.1) is 5.82 Å². The SMILES string of the molecule is CC1(c2ccccc2F)CC1NC(=O)c1cn(C2CCNCC2)nn1. The number of amides is 1. The lowest BCUT2D eigenvalue weighted by molar-refractivity contribution is 0.0943. The molecule has 1 aliphatic heterocycles. The van der Waals surface area contributed by atoms with Crippen LogP contribution < -0.4 is 10.6 Å². The first-order valence-electron chi connectivity index (χ1n) is 8.76. The summed E-state index contributed by atoms with van der Waals surface area (Å²) >= 11 is 0. The van der Waals surface area contributed by atoms with Gasteiger partial charge in [-0.05, 0) is 44.0 Å². The van der Waals surface area contributed by atoms with Crippen molar-refractivity contribution in [2.24, 2.45) is 0 Å². The van der Waals surface area contributed by atoms with E-state index in [4.69, 9.17) is 0 Å². The first kappa shape index (κ1) is 16.2. The van der Waals surface area contributed by atoms with Crippen LogP contribution in [-0.4, -0.2) is 40.0 Å². The number of benzene rings is 1. The highest BCUT2D eigenvalue weighted by Crippen LogP contribution is 2.48. The van der Waals surface area contributed by atoms with E-state index in [1.165, 1.54) is 6.07 Å². The van der Waals surface area contributed by atoms with Gasteiger partial charge in [0.2, 0.25) is 0 Å². The molecule has 2 aliphatic rings. The van der Waals surface area contributed by atoms with Crippen LogP contribution in [-0.2, 0) is 5.41 Å². The van der Waals surface area contributed by atoms with Crippen LogP contribution >= 0.6 is 0 Å². The van der Waals surface area contributed by atoms with Crippen molar-refractivity contribution in [3.63, 3.8) is 0 Å². The highest BCUT2D eigenvalue weighted by Gasteiger charge is 2.53. The van der Waals surface area contributed by atoms with E-state index in [0.29, 0.717) is 17.3 Å². The maximum Gasteiger partial charge on any atom is 0.273 e. The molecule has 25 heavy (non-hydrogen) atoms. The van der Waals surface area contributed by atoms with Gasteiger partial charge in [-0.15, -0.1) is 5.10 Å². The van der Waals surface area contributed by atoms with Gasteiger partial charge in [-0.3, -0.25) is 4.79 Å². The first-order valence-corrected chi connectivity index (χ1v) is 8.76. The molecular formula is C18H22FN5O. The molecule has 1 aliphatic carbocycles. The third-order valence-electron chi connectivity index (χ3n) is 5.46. The molecule has 1 aromatic heterocycles. The van der Waals surface area contributed by atoms with Crippen LogP contribution in [0.5, 0.6) is 0 Å². The number of hydrogen-bond acceptors (Lipinski definition) is 4. The van der Waals surface area contributed by atoms with E-state index in [9.17, 15) is 9.18 Å². The van der Waals surface area contributed by atoms with Gasteiger partial charge in [0.25, 0.3) is 5.91 Å². The summed E-state index contributed by atoms with van der Waals surface area (Å²) in [5.74, 6) is -0.469. The molecule has 1 aromatic carbocycles. The van der Waals surface area contributed by atoms with Crippen LogP contribution in [0.4, 0.5) is 4.39 Å². The number of aromatic nitrogens is 3. The van der Waals surface area contributed by atoms with E-state index in [1.807, 2.05) is 13.0 Å². The Morgan fingerprint density at radius 3 is 2.88 bits per heavy atom. The second-order valence-corrected chi connectivity index (χ2v) is 7.19. The smallest absolute Gasteiger partial charge is 0.273 e. The topological polar surface area (TPSA) is 71.8 Å². The average molecular weight is 343 g/mol. The Balaban J connectivity index is 1.42. The van der Waals surface area contributed by atoms with Crippen LogP contribution in [0.3, 0.4) is 0 Å². The predicted octanol–water partition coefficient (Wildman–Crippen LogP) is 1.80. The summed E-state index contributed by atoms with van der Waals surface area (Å²) in [5, 5.41) is 14.4. The number of hydrogen-bond donors (Lipinski definition) is 2. The zero-order valence-electron chi connectivity index (χ0n) is 14.2. The summed E-state index contributed by atoms with van der Waals surface area (Å²) in [7, 11) is 0. The number of carbonyl (C=O) groups excluding carboxylic acids is 1.